The summed E-state index contributed by atoms with van der Waals surface area (Å²) in [5.74, 6) is 0. The number of nitrogens with zero attached hydrogens (tertiary/aromatic N) is 4. The number of amides is 2. The standard InChI is InChI=1S/C19H24N6O2S/c1-2-25-11-7-15(23-25)28(20,27)24-18(26)22-16-12-4-3-5-14(12)21-17-13(16)6-8-19(17)9-10-19/h7,11H,2-6,8-10H2,1H3,(H3,20,21,22,24,26,27). The summed E-state index contributed by atoms with van der Waals surface area (Å²) in [6.45, 7) is 2.54. The number of pyridine rings is 1. The Kier molecular flexibility index (Phi) is 3.89. The van der Waals surface area contributed by atoms with E-state index in [4.69, 9.17) is 10.1 Å². The van der Waals surface area contributed by atoms with Crippen LogP contribution >= 0.6 is 0 Å². The first-order valence-electron chi connectivity index (χ1n) is 9.86. The smallest absolute Gasteiger partial charge is 0.305 e. The zero-order valence-corrected chi connectivity index (χ0v) is 16.7. The highest BCUT2D eigenvalue weighted by Gasteiger charge is 2.51. The summed E-state index contributed by atoms with van der Waals surface area (Å²) in [5, 5.41) is 13.0. The highest BCUT2D eigenvalue weighted by atomic mass is 32.2. The third-order valence-electron chi connectivity index (χ3n) is 6.22. The molecule has 148 valence electrons. The molecule has 8 nitrogen and oxygen atoms in total. The molecule has 2 amide bonds. The van der Waals surface area contributed by atoms with Gasteiger partial charge >= 0.3 is 6.03 Å². The van der Waals surface area contributed by atoms with Crippen molar-refractivity contribution in [3.8, 4) is 0 Å². The number of aromatic nitrogens is 3. The quantitative estimate of drug-likeness (QED) is 0.824. The maximum atomic E-state index is 12.8. The maximum Gasteiger partial charge on any atom is 0.354 e. The molecule has 2 heterocycles. The van der Waals surface area contributed by atoms with Gasteiger partial charge in [-0.25, -0.2) is 14.1 Å². The molecule has 3 aliphatic rings. The molecule has 2 aromatic rings. The zero-order valence-electron chi connectivity index (χ0n) is 15.9. The van der Waals surface area contributed by atoms with Crippen LogP contribution in [-0.4, -0.2) is 25.0 Å². The molecule has 3 N–H and O–H groups in total. The van der Waals surface area contributed by atoms with Crippen molar-refractivity contribution in [3.63, 3.8) is 0 Å². The number of nitrogens with one attached hydrogen (secondary N) is 1. The number of anilines is 1. The Morgan fingerprint density at radius 1 is 1.32 bits per heavy atom. The van der Waals surface area contributed by atoms with Crippen LogP contribution in [0.2, 0.25) is 0 Å². The topological polar surface area (TPSA) is 115 Å². The van der Waals surface area contributed by atoms with Gasteiger partial charge in [-0.3, -0.25) is 9.67 Å². The Morgan fingerprint density at radius 2 is 2.14 bits per heavy atom. The van der Waals surface area contributed by atoms with Gasteiger partial charge in [-0.15, -0.1) is 4.36 Å². The number of rotatable bonds is 3. The van der Waals surface area contributed by atoms with Crippen molar-refractivity contribution in [3.05, 3.63) is 34.8 Å². The number of hydrogen-bond acceptors (Lipinski definition) is 4. The van der Waals surface area contributed by atoms with E-state index < -0.39 is 15.9 Å². The average Bonchev–Trinajstić information content (AvgIpc) is 3.04. The zero-order chi connectivity index (χ0) is 19.5. The first-order chi connectivity index (χ1) is 13.4. The van der Waals surface area contributed by atoms with Crippen LogP contribution in [0.15, 0.2) is 21.7 Å². The Hall–Kier alpha value is -2.26. The van der Waals surface area contributed by atoms with Gasteiger partial charge in [0.05, 0.1) is 11.4 Å². The lowest BCUT2D eigenvalue weighted by atomic mass is 10.0. The van der Waals surface area contributed by atoms with Crippen LogP contribution in [0.4, 0.5) is 10.5 Å². The predicted molar refractivity (Wildman–Crippen MR) is 105 cm³/mol. The molecule has 5 rings (SSSR count). The summed E-state index contributed by atoms with van der Waals surface area (Å²) in [7, 11) is -3.39. The van der Waals surface area contributed by atoms with Gasteiger partial charge in [-0.2, -0.15) is 5.10 Å². The first-order valence-corrected chi connectivity index (χ1v) is 11.4. The van der Waals surface area contributed by atoms with Crippen LogP contribution < -0.4 is 10.5 Å². The molecule has 0 aromatic carbocycles. The summed E-state index contributed by atoms with van der Waals surface area (Å²) >= 11 is 0. The van der Waals surface area contributed by atoms with E-state index in [2.05, 4.69) is 14.8 Å². The lowest BCUT2D eigenvalue weighted by Crippen LogP contribution is -2.20. The molecule has 1 atom stereocenters. The predicted octanol–water partition coefficient (Wildman–Crippen LogP) is 2.70. The van der Waals surface area contributed by atoms with Crippen molar-refractivity contribution in [2.75, 3.05) is 5.32 Å². The summed E-state index contributed by atoms with van der Waals surface area (Å²) in [6, 6.07) is 0.860. The van der Waals surface area contributed by atoms with Gasteiger partial charge in [-0.05, 0) is 69.1 Å². The van der Waals surface area contributed by atoms with E-state index in [0.717, 1.165) is 54.6 Å². The Bertz CT molecular complexity index is 1110. The lowest BCUT2D eigenvalue weighted by Gasteiger charge is -2.16. The minimum atomic E-state index is -3.39. The van der Waals surface area contributed by atoms with Crippen LogP contribution in [0, 0.1) is 0 Å². The number of carbonyl (C=O) groups is 1. The monoisotopic (exact) mass is 400 g/mol. The van der Waals surface area contributed by atoms with E-state index in [-0.39, 0.29) is 10.4 Å². The van der Waals surface area contributed by atoms with Gasteiger partial charge in [0.25, 0.3) is 0 Å². The molecule has 2 aromatic heterocycles. The molecular weight excluding hydrogens is 376 g/mol. The highest BCUT2D eigenvalue weighted by molar-refractivity contribution is 7.91. The fourth-order valence-corrected chi connectivity index (χ4v) is 5.41. The second-order valence-corrected chi connectivity index (χ2v) is 9.71. The van der Waals surface area contributed by atoms with Gasteiger partial charge in [0, 0.05) is 23.9 Å². The van der Waals surface area contributed by atoms with Crippen molar-refractivity contribution in [1.29, 1.82) is 0 Å². The van der Waals surface area contributed by atoms with Gasteiger partial charge in [0.1, 0.15) is 0 Å². The summed E-state index contributed by atoms with van der Waals surface area (Å²) < 4.78 is 18.1. The minimum Gasteiger partial charge on any atom is -0.305 e. The average molecular weight is 401 g/mol. The van der Waals surface area contributed by atoms with E-state index in [9.17, 15) is 9.00 Å². The maximum absolute atomic E-state index is 12.8. The molecule has 3 aliphatic carbocycles. The second kappa shape index (κ2) is 6.12. The van der Waals surface area contributed by atoms with Gasteiger partial charge in [0.15, 0.2) is 14.9 Å². The van der Waals surface area contributed by atoms with Crippen molar-refractivity contribution in [2.45, 2.75) is 68.9 Å². The van der Waals surface area contributed by atoms with Crippen LogP contribution in [0.25, 0.3) is 0 Å². The van der Waals surface area contributed by atoms with Crippen LogP contribution in [0.3, 0.4) is 0 Å². The molecule has 0 saturated heterocycles. The highest BCUT2D eigenvalue weighted by Crippen LogP contribution is 2.58. The van der Waals surface area contributed by atoms with Crippen molar-refractivity contribution < 1.29 is 9.00 Å². The molecule has 1 unspecified atom stereocenters. The summed E-state index contributed by atoms with van der Waals surface area (Å²) in [4.78, 5) is 17.6. The van der Waals surface area contributed by atoms with E-state index in [1.165, 1.54) is 18.5 Å². The van der Waals surface area contributed by atoms with E-state index in [1.807, 2.05) is 6.92 Å². The number of fused-ring (bicyclic) bond motifs is 3. The molecule has 0 radical (unpaired) electrons. The van der Waals surface area contributed by atoms with Gasteiger partial charge in [-0.1, -0.05) is 0 Å². The Morgan fingerprint density at radius 3 is 2.86 bits per heavy atom. The molecule has 1 fully saturated rings. The third kappa shape index (κ3) is 2.76. The molecule has 0 aliphatic heterocycles. The van der Waals surface area contributed by atoms with E-state index in [1.54, 1.807) is 16.9 Å². The van der Waals surface area contributed by atoms with Gasteiger partial charge in [0.2, 0.25) is 0 Å². The number of hydrogen-bond donors (Lipinski definition) is 2. The van der Waals surface area contributed by atoms with Crippen molar-refractivity contribution >= 4 is 21.6 Å². The fourth-order valence-electron chi connectivity index (χ4n) is 4.55. The van der Waals surface area contributed by atoms with Crippen LogP contribution in [0.5, 0.6) is 0 Å². The molecular formula is C19H24N6O2S. The van der Waals surface area contributed by atoms with Crippen LogP contribution in [-0.2, 0) is 41.1 Å². The summed E-state index contributed by atoms with van der Waals surface area (Å²) in [5.41, 5.74) is 5.58. The molecule has 9 heteroatoms. The van der Waals surface area contributed by atoms with Crippen molar-refractivity contribution in [2.24, 2.45) is 9.50 Å². The van der Waals surface area contributed by atoms with Crippen molar-refractivity contribution in [1.82, 2.24) is 14.8 Å². The molecule has 1 spiro atoms. The summed E-state index contributed by atoms with van der Waals surface area (Å²) in [6.07, 6.45) is 8.94. The minimum absolute atomic E-state index is 0.117. The van der Waals surface area contributed by atoms with Crippen LogP contribution in [0.1, 0.15) is 55.1 Å². The first kappa shape index (κ1) is 17.8. The number of urea groups is 1. The largest absolute Gasteiger partial charge is 0.354 e. The molecule has 0 bridgehead atoms. The second-order valence-electron chi connectivity index (χ2n) is 7.97. The number of aryl methyl sites for hydroxylation is 2. The van der Waals surface area contributed by atoms with Gasteiger partial charge < -0.3 is 5.32 Å². The Labute approximate surface area is 164 Å². The Balaban J connectivity index is 1.50. The molecule has 28 heavy (non-hydrogen) atoms. The SMILES string of the molecule is CCn1ccc(S(N)(=O)=NC(=O)Nc2c3c(nc4c2CCC42CC2)CCC3)n1. The fraction of sp³-hybridized carbons (Fsp3) is 0.526. The number of nitrogens with two attached hydrogens (primary N) is 1. The number of carbonyl (C=O) groups excluding carboxylic acids is 1. The van der Waals surface area contributed by atoms with E-state index >= 15 is 0 Å². The third-order valence-corrected chi connectivity index (χ3v) is 7.48. The normalized spacial score (nSPS) is 20.5. The lowest BCUT2D eigenvalue weighted by molar-refractivity contribution is 0.260. The molecule has 1 saturated carbocycles. The van der Waals surface area contributed by atoms with E-state index in [0.29, 0.717) is 6.54 Å².